The van der Waals surface area contributed by atoms with Crippen LogP contribution in [0.2, 0.25) is 0 Å². The summed E-state index contributed by atoms with van der Waals surface area (Å²) in [6.45, 7) is 6.36. The molecule has 3 heterocycles. The van der Waals surface area contributed by atoms with E-state index < -0.39 is 23.4 Å². The summed E-state index contributed by atoms with van der Waals surface area (Å²) in [5, 5.41) is 3.14. The van der Waals surface area contributed by atoms with Crippen LogP contribution in [0, 0.1) is 6.92 Å². The Bertz CT molecular complexity index is 1340. The summed E-state index contributed by atoms with van der Waals surface area (Å²) in [7, 11) is 1.58. The third-order valence-corrected chi connectivity index (χ3v) is 7.95. The van der Waals surface area contributed by atoms with Crippen LogP contribution >= 0.6 is 27.3 Å². The lowest BCUT2D eigenvalue weighted by Crippen LogP contribution is -2.44. The van der Waals surface area contributed by atoms with Gasteiger partial charge in [-0.1, -0.05) is 24.3 Å². The van der Waals surface area contributed by atoms with E-state index in [9.17, 15) is 14.4 Å². The molecule has 2 atom stereocenters. The fourth-order valence-corrected chi connectivity index (χ4v) is 5.81. The maximum Gasteiger partial charge on any atom is 0.332 e. The Kier molecular flexibility index (Phi) is 6.87. The molecule has 1 N–H and O–H groups in total. The second-order valence-corrected chi connectivity index (χ2v) is 10.0. The van der Waals surface area contributed by atoms with Crippen LogP contribution in [0.25, 0.3) is 10.2 Å². The van der Waals surface area contributed by atoms with Crippen LogP contribution in [0.3, 0.4) is 0 Å². The standard InChI is InChI=1S/C23H24BrN3O5S/c1-4-11-32-17(14-7-5-6-8-16(14)31-3)12-26-22-18(13(2)19(24)33-22)21(29)27(23(26)30)15-9-10-25-20(15)28/h4-8,15,17H,1,9-12H2,2-3H3,(H,25,28)/t15?,17-/m0/s1. The fourth-order valence-electron chi connectivity index (χ4n) is 4.12. The van der Waals surface area contributed by atoms with Crippen molar-refractivity contribution in [1.29, 1.82) is 0 Å². The van der Waals surface area contributed by atoms with E-state index in [1.807, 2.05) is 31.2 Å². The lowest BCUT2D eigenvalue weighted by atomic mass is 10.1. The van der Waals surface area contributed by atoms with Crippen molar-refractivity contribution in [2.75, 3.05) is 20.3 Å². The van der Waals surface area contributed by atoms with Crippen molar-refractivity contribution in [3.63, 3.8) is 0 Å². The zero-order valence-corrected chi connectivity index (χ0v) is 20.7. The van der Waals surface area contributed by atoms with E-state index >= 15 is 0 Å². The molecule has 0 saturated carbocycles. The van der Waals surface area contributed by atoms with Gasteiger partial charge in [0.2, 0.25) is 5.91 Å². The van der Waals surface area contributed by atoms with E-state index in [0.717, 1.165) is 19.5 Å². The number of fused-ring (bicyclic) bond motifs is 1. The number of methoxy groups -OCH3 is 1. The lowest BCUT2D eigenvalue weighted by Gasteiger charge is -2.22. The third-order valence-electron chi connectivity index (χ3n) is 5.77. The van der Waals surface area contributed by atoms with Gasteiger partial charge in [0.1, 0.15) is 22.7 Å². The summed E-state index contributed by atoms with van der Waals surface area (Å²) in [5.41, 5.74) is 0.520. The molecule has 33 heavy (non-hydrogen) atoms. The van der Waals surface area contributed by atoms with Gasteiger partial charge in [-0.15, -0.1) is 17.9 Å². The number of carbonyl (C=O) groups excluding carboxylic acids is 1. The largest absolute Gasteiger partial charge is 0.496 e. The summed E-state index contributed by atoms with van der Waals surface area (Å²) in [6.07, 6.45) is 1.47. The van der Waals surface area contributed by atoms with Crippen molar-refractivity contribution in [1.82, 2.24) is 14.5 Å². The van der Waals surface area contributed by atoms with Gasteiger partial charge in [-0.3, -0.25) is 14.2 Å². The highest BCUT2D eigenvalue weighted by molar-refractivity contribution is 9.11. The van der Waals surface area contributed by atoms with Crippen LogP contribution in [0.1, 0.15) is 29.7 Å². The molecule has 174 valence electrons. The van der Waals surface area contributed by atoms with Gasteiger partial charge in [-0.05, 0) is 40.9 Å². The maximum absolute atomic E-state index is 13.7. The molecule has 2 aromatic heterocycles. The Morgan fingerprint density at radius 3 is 2.76 bits per heavy atom. The minimum Gasteiger partial charge on any atom is -0.496 e. The van der Waals surface area contributed by atoms with Crippen molar-refractivity contribution in [3.05, 3.63) is 72.7 Å². The summed E-state index contributed by atoms with van der Waals surface area (Å²) in [4.78, 5) is 40.0. The Morgan fingerprint density at radius 2 is 2.09 bits per heavy atom. The first-order valence-electron chi connectivity index (χ1n) is 10.5. The Hall–Kier alpha value is -2.69. The average molecular weight is 534 g/mol. The summed E-state index contributed by atoms with van der Waals surface area (Å²) < 4.78 is 14.9. The second kappa shape index (κ2) is 9.66. The quantitative estimate of drug-likeness (QED) is 0.448. The number of nitrogens with one attached hydrogen (secondary N) is 1. The second-order valence-electron chi connectivity index (χ2n) is 7.70. The molecule has 0 bridgehead atoms. The molecule has 8 nitrogen and oxygen atoms in total. The number of nitrogens with zero attached hydrogens (tertiary/aromatic N) is 2. The molecular weight excluding hydrogens is 510 g/mol. The molecule has 0 spiro atoms. The third kappa shape index (κ3) is 4.18. The maximum atomic E-state index is 13.7. The lowest BCUT2D eigenvalue weighted by molar-refractivity contribution is -0.122. The Labute approximate surface area is 202 Å². The summed E-state index contributed by atoms with van der Waals surface area (Å²) >= 11 is 4.82. The fraction of sp³-hybridized carbons (Fsp3) is 0.348. The van der Waals surface area contributed by atoms with Crippen LogP contribution < -0.4 is 21.3 Å². The first kappa shape index (κ1) is 23.5. The molecule has 1 fully saturated rings. The Morgan fingerprint density at radius 1 is 1.33 bits per heavy atom. The monoisotopic (exact) mass is 533 g/mol. The minimum atomic E-state index is -0.836. The predicted molar refractivity (Wildman–Crippen MR) is 131 cm³/mol. The molecule has 10 heteroatoms. The molecule has 1 amide bonds. The zero-order chi connectivity index (χ0) is 23.7. The number of benzene rings is 1. The van der Waals surface area contributed by atoms with Crippen LogP contribution in [0.15, 0.2) is 50.3 Å². The van der Waals surface area contributed by atoms with Crippen LogP contribution in [0.5, 0.6) is 5.75 Å². The molecule has 1 aliphatic heterocycles. The Balaban J connectivity index is 1.94. The van der Waals surface area contributed by atoms with Crippen molar-refractivity contribution < 1.29 is 14.3 Å². The SMILES string of the molecule is C=CCO[C@@H](Cn1c(=O)n(C2CCNC2=O)c(=O)c2c(C)c(Br)sc21)c1ccccc1OC. The normalized spacial score (nSPS) is 16.7. The number of rotatable bonds is 8. The summed E-state index contributed by atoms with van der Waals surface area (Å²) in [5.74, 6) is 0.305. The first-order chi connectivity index (χ1) is 15.9. The minimum absolute atomic E-state index is 0.130. The molecule has 1 unspecified atom stereocenters. The number of ether oxygens (including phenoxy) is 2. The van der Waals surface area contributed by atoms with E-state index in [1.165, 1.54) is 15.9 Å². The first-order valence-corrected chi connectivity index (χ1v) is 12.1. The number of aromatic nitrogens is 2. The number of hydrogen-bond donors (Lipinski definition) is 1. The predicted octanol–water partition coefficient (Wildman–Crippen LogP) is 3.31. The number of hydrogen-bond acceptors (Lipinski definition) is 6. The highest BCUT2D eigenvalue weighted by atomic mass is 79.9. The van der Waals surface area contributed by atoms with Crippen molar-refractivity contribution >= 4 is 43.4 Å². The highest BCUT2D eigenvalue weighted by Crippen LogP contribution is 2.35. The van der Waals surface area contributed by atoms with E-state index in [-0.39, 0.29) is 19.1 Å². The molecule has 0 aliphatic carbocycles. The van der Waals surface area contributed by atoms with E-state index in [0.29, 0.717) is 28.9 Å². The topological polar surface area (TPSA) is 91.6 Å². The molecule has 1 saturated heterocycles. The molecule has 1 aliphatic rings. The van der Waals surface area contributed by atoms with E-state index in [4.69, 9.17) is 9.47 Å². The van der Waals surface area contributed by atoms with Crippen LogP contribution in [-0.2, 0) is 16.1 Å². The van der Waals surface area contributed by atoms with Gasteiger partial charge in [-0.2, -0.15) is 0 Å². The van der Waals surface area contributed by atoms with Gasteiger partial charge < -0.3 is 14.8 Å². The van der Waals surface area contributed by atoms with Gasteiger partial charge in [0.05, 0.1) is 29.4 Å². The molecule has 0 radical (unpaired) electrons. The molecule has 1 aromatic carbocycles. The van der Waals surface area contributed by atoms with Crippen molar-refractivity contribution in [3.8, 4) is 5.75 Å². The number of carbonyl (C=O) groups is 1. The van der Waals surface area contributed by atoms with Gasteiger partial charge in [0.15, 0.2) is 0 Å². The van der Waals surface area contributed by atoms with E-state index in [1.54, 1.807) is 13.2 Å². The number of halogens is 1. The number of para-hydroxylation sites is 1. The van der Waals surface area contributed by atoms with Crippen molar-refractivity contribution in [2.24, 2.45) is 0 Å². The van der Waals surface area contributed by atoms with Gasteiger partial charge in [0.25, 0.3) is 5.56 Å². The highest BCUT2D eigenvalue weighted by Gasteiger charge is 2.32. The van der Waals surface area contributed by atoms with Crippen LogP contribution in [0.4, 0.5) is 0 Å². The molecule has 3 aromatic rings. The van der Waals surface area contributed by atoms with Gasteiger partial charge in [0, 0.05) is 12.1 Å². The smallest absolute Gasteiger partial charge is 0.332 e. The van der Waals surface area contributed by atoms with E-state index in [2.05, 4.69) is 27.8 Å². The van der Waals surface area contributed by atoms with Crippen molar-refractivity contribution in [2.45, 2.75) is 32.0 Å². The van der Waals surface area contributed by atoms with Gasteiger partial charge in [-0.25, -0.2) is 9.36 Å². The zero-order valence-electron chi connectivity index (χ0n) is 18.3. The van der Waals surface area contributed by atoms with Gasteiger partial charge >= 0.3 is 5.69 Å². The number of thiophene rings is 1. The molecule has 4 rings (SSSR count). The summed E-state index contributed by atoms with van der Waals surface area (Å²) in [6, 6.07) is 6.60. The number of aryl methyl sites for hydroxylation is 1. The average Bonchev–Trinajstić information content (AvgIpc) is 3.36. The van der Waals surface area contributed by atoms with Crippen LogP contribution in [-0.4, -0.2) is 35.3 Å². The number of amides is 1. The molecular formula is C23H24BrN3O5S.